The van der Waals surface area contributed by atoms with Crippen molar-refractivity contribution in [1.82, 2.24) is 30.0 Å². The van der Waals surface area contributed by atoms with Crippen molar-refractivity contribution in [2.45, 2.75) is 45.1 Å². The lowest BCUT2D eigenvalue weighted by atomic mass is 9.96. The minimum absolute atomic E-state index is 0.0896. The molecule has 4 heterocycles. The monoisotopic (exact) mass is 396 g/mol. The number of imidazole rings is 1. The van der Waals surface area contributed by atoms with Gasteiger partial charge in [0.2, 0.25) is 0 Å². The average molecular weight is 396 g/mol. The smallest absolute Gasteiger partial charge is 0.271 e. The van der Waals surface area contributed by atoms with E-state index in [1.54, 1.807) is 29.4 Å². The lowest BCUT2D eigenvalue weighted by molar-refractivity contribution is 0.0854. The van der Waals surface area contributed by atoms with Gasteiger partial charge in [0.1, 0.15) is 17.8 Å². The van der Waals surface area contributed by atoms with E-state index in [1.165, 1.54) is 0 Å². The van der Waals surface area contributed by atoms with E-state index in [0.717, 1.165) is 25.0 Å². The van der Waals surface area contributed by atoms with Crippen LogP contribution in [0.25, 0.3) is 17.3 Å². The number of hydrogen-bond acceptors (Lipinski definition) is 7. The summed E-state index contributed by atoms with van der Waals surface area (Å²) in [6.45, 7) is 7.32. The number of carbonyl (C=O) groups is 1. The van der Waals surface area contributed by atoms with Gasteiger partial charge in [-0.3, -0.25) is 9.36 Å². The second-order valence-electron chi connectivity index (χ2n) is 8.09. The van der Waals surface area contributed by atoms with Gasteiger partial charge in [-0.2, -0.15) is 4.98 Å². The Kier molecular flexibility index (Phi) is 5.14. The lowest BCUT2D eigenvalue weighted by Gasteiger charge is -2.10. The highest BCUT2D eigenvalue weighted by Gasteiger charge is 2.22. The van der Waals surface area contributed by atoms with Gasteiger partial charge >= 0.3 is 0 Å². The van der Waals surface area contributed by atoms with Crippen LogP contribution >= 0.6 is 0 Å². The third kappa shape index (κ3) is 4.34. The van der Waals surface area contributed by atoms with Crippen LogP contribution in [-0.2, 0) is 10.2 Å². The molecule has 152 valence electrons. The Balaban J connectivity index is 1.48. The molecule has 1 amide bonds. The molecular formula is C20H24N6O3. The molecule has 0 saturated carbocycles. The van der Waals surface area contributed by atoms with Gasteiger partial charge in [-0.05, 0) is 25.0 Å². The van der Waals surface area contributed by atoms with Crippen LogP contribution < -0.4 is 5.32 Å². The Labute approximate surface area is 168 Å². The minimum Gasteiger partial charge on any atom is -0.376 e. The fourth-order valence-corrected chi connectivity index (χ4v) is 3.01. The van der Waals surface area contributed by atoms with Crippen LogP contribution in [0.1, 0.15) is 49.9 Å². The first-order valence-electron chi connectivity index (χ1n) is 9.65. The average Bonchev–Trinajstić information content (AvgIpc) is 3.47. The summed E-state index contributed by atoms with van der Waals surface area (Å²) in [7, 11) is 0. The van der Waals surface area contributed by atoms with E-state index in [1.807, 2.05) is 26.8 Å². The summed E-state index contributed by atoms with van der Waals surface area (Å²) in [6.07, 6.45) is 6.95. The molecule has 1 atom stereocenters. The van der Waals surface area contributed by atoms with Crippen molar-refractivity contribution in [2.75, 3.05) is 13.2 Å². The maximum Gasteiger partial charge on any atom is 0.271 e. The molecule has 1 fully saturated rings. The predicted molar refractivity (Wildman–Crippen MR) is 105 cm³/mol. The van der Waals surface area contributed by atoms with Gasteiger partial charge < -0.3 is 14.6 Å². The zero-order chi connectivity index (χ0) is 20.4. The molecule has 4 rings (SSSR count). The number of rotatable bonds is 5. The third-order valence-electron chi connectivity index (χ3n) is 4.68. The topological polar surface area (TPSA) is 108 Å². The third-order valence-corrected chi connectivity index (χ3v) is 4.68. The Morgan fingerprint density at radius 1 is 1.34 bits per heavy atom. The molecule has 0 aliphatic carbocycles. The molecule has 1 saturated heterocycles. The van der Waals surface area contributed by atoms with Crippen molar-refractivity contribution in [2.24, 2.45) is 0 Å². The standard InChI is InChI=1S/C20H24N6O3/c1-20(2,3)19-24-18(29-25-19)13-6-7-21-16(9-13)26-11-15(23-12-26)17(27)22-10-14-5-4-8-28-14/h6-7,9,11-12,14H,4-5,8,10H2,1-3H3,(H,22,27)/t14-/m1/s1. The van der Waals surface area contributed by atoms with Gasteiger partial charge in [-0.1, -0.05) is 25.9 Å². The van der Waals surface area contributed by atoms with Crippen LogP contribution in [0.5, 0.6) is 0 Å². The summed E-state index contributed by atoms with van der Waals surface area (Å²) in [4.78, 5) is 25.4. The highest BCUT2D eigenvalue weighted by Crippen LogP contribution is 2.24. The summed E-state index contributed by atoms with van der Waals surface area (Å²) in [5, 5.41) is 6.92. The van der Waals surface area contributed by atoms with E-state index < -0.39 is 0 Å². The summed E-state index contributed by atoms with van der Waals surface area (Å²) in [5.74, 6) is 1.43. The van der Waals surface area contributed by atoms with Crippen molar-refractivity contribution >= 4 is 5.91 Å². The molecular weight excluding hydrogens is 372 g/mol. The van der Waals surface area contributed by atoms with Crippen molar-refractivity contribution < 1.29 is 14.1 Å². The number of carbonyl (C=O) groups excluding carboxylic acids is 1. The molecule has 0 radical (unpaired) electrons. The van der Waals surface area contributed by atoms with Crippen molar-refractivity contribution in [3.63, 3.8) is 0 Å². The van der Waals surface area contributed by atoms with E-state index in [2.05, 4.69) is 25.4 Å². The van der Waals surface area contributed by atoms with Gasteiger partial charge in [0.05, 0.1) is 6.10 Å². The summed E-state index contributed by atoms with van der Waals surface area (Å²) in [6, 6.07) is 3.62. The van der Waals surface area contributed by atoms with E-state index in [-0.39, 0.29) is 17.4 Å². The first kappa shape index (κ1) is 19.3. The number of amides is 1. The molecule has 29 heavy (non-hydrogen) atoms. The van der Waals surface area contributed by atoms with Gasteiger partial charge in [0.15, 0.2) is 5.82 Å². The van der Waals surface area contributed by atoms with Crippen molar-refractivity contribution in [1.29, 1.82) is 0 Å². The normalized spacial score (nSPS) is 16.9. The van der Waals surface area contributed by atoms with E-state index in [4.69, 9.17) is 9.26 Å². The minimum atomic E-state index is -0.234. The molecule has 0 unspecified atom stereocenters. The first-order valence-corrected chi connectivity index (χ1v) is 9.65. The van der Waals surface area contributed by atoms with Crippen molar-refractivity contribution in [3.8, 4) is 17.3 Å². The molecule has 1 aliphatic rings. The van der Waals surface area contributed by atoms with E-state index in [0.29, 0.717) is 29.8 Å². The molecule has 3 aromatic heterocycles. The molecule has 0 aromatic carbocycles. The van der Waals surface area contributed by atoms with Gasteiger partial charge in [-0.15, -0.1) is 0 Å². The van der Waals surface area contributed by atoms with Crippen LogP contribution in [-0.4, -0.2) is 49.8 Å². The lowest BCUT2D eigenvalue weighted by Crippen LogP contribution is -2.31. The largest absolute Gasteiger partial charge is 0.376 e. The summed E-state index contributed by atoms with van der Waals surface area (Å²) < 4.78 is 12.6. The second kappa shape index (κ2) is 7.75. The van der Waals surface area contributed by atoms with Crippen molar-refractivity contribution in [3.05, 3.63) is 42.4 Å². The Morgan fingerprint density at radius 3 is 2.93 bits per heavy atom. The van der Waals surface area contributed by atoms with Crippen LogP contribution in [0.3, 0.4) is 0 Å². The molecule has 3 aromatic rings. The maximum absolute atomic E-state index is 12.3. The van der Waals surface area contributed by atoms with E-state index in [9.17, 15) is 4.79 Å². The zero-order valence-corrected chi connectivity index (χ0v) is 16.8. The van der Waals surface area contributed by atoms with Crippen LogP contribution in [0, 0.1) is 0 Å². The Hall–Kier alpha value is -3.07. The van der Waals surface area contributed by atoms with Gasteiger partial charge in [0, 0.05) is 36.5 Å². The number of nitrogens with one attached hydrogen (secondary N) is 1. The first-order chi connectivity index (χ1) is 13.9. The summed E-state index contributed by atoms with van der Waals surface area (Å²) >= 11 is 0. The van der Waals surface area contributed by atoms with Crippen LogP contribution in [0.15, 0.2) is 35.4 Å². The molecule has 0 bridgehead atoms. The van der Waals surface area contributed by atoms with Gasteiger partial charge in [0.25, 0.3) is 11.8 Å². The molecule has 9 nitrogen and oxygen atoms in total. The number of ether oxygens (including phenoxy) is 1. The highest BCUT2D eigenvalue weighted by atomic mass is 16.5. The quantitative estimate of drug-likeness (QED) is 0.706. The Morgan fingerprint density at radius 2 is 2.21 bits per heavy atom. The molecule has 9 heteroatoms. The number of hydrogen-bond donors (Lipinski definition) is 1. The predicted octanol–water partition coefficient (Wildman–Crippen LogP) is 2.52. The van der Waals surface area contributed by atoms with Crippen LogP contribution in [0.2, 0.25) is 0 Å². The second-order valence-corrected chi connectivity index (χ2v) is 8.09. The fraction of sp³-hybridized carbons (Fsp3) is 0.450. The summed E-state index contributed by atoms with van der Waals surface area (Å²) in [5.41, 5.74) is 0.868. The zero-order valence-electron chi connectivity index (χ0n) is 16.8. The number of aromatic nitrogens is 5. The maximum atomic E-state index is 12.3. The van der Waals surface area contributed by atoms with Gasteiger partial charge in [-0.25, -0.2) is 9.97 Å². The fourth-order valence-electron chi connectivity index (χ4n) is 3.01. The number of pyridine rings is 1. The molecule has 0 spiro atoms. The molecule has 1 aliphatic heterocycles. The SMILES string of the molecule is CC(C)(C)c1noc(-c2ccnc(-n3cnc(C(=O)NC[C@H]4CCCO4)c3)c2)n1. The van der Waals surface area contributed by atoms with Crippen LogP contribution in [0.4, 0.5) is 0 Å². The Bertz CT molecular complexity index is 998. The van der Waals surface area contributed by atoms with E-state index >= 15 is 0 Å². The highest BCUT2D eigenvalue weighted by molar-refractivity contribution is 5.92. The molecule has 1 N–H and O–H groups in total. The number of nitrogens with zero attached hydrogens (tertiary/aromatic N) is 5.